The Balaban J connectivity index is 2.92. The molecule has 0 aliphatic carbocycles. The molecule has 0 aliphatic rings. The van der Waals surface area contributed by atoms with Crippen molar-refractivity contribution in [2.75, 3.05) is 14.1 Å². The zero-order chi connectivity index (χ0) is 12.1. The average Bonchev–Trinajstić information content (AvgIpc) is 2.26. The van der Waals surface area contributed by atoms with Crippen molar-refractivity contribution in [2.45, 2.75) is 26.3 Å². The van der Waals surface area contributed by atoms with Gasteiger partial charge in [0, 0.05) is 32.6 Å². The van der Waals surface area contributed by atoms with Gasteiger partial charge in [0.25, 0.3) is 0 Å². The van der Waals surface area contributed by atoms with Gasteiger partial charge in [-0.25, -0.2) is 0 Å². The summed E-state index contributed by atoms with van der Waals surface area (Å²) in [6.45, 7) is 3.90. The molecule has 0 N–H and O–H groups in total. The van der Waals surface area contributed by atoms with E-state index in [1.807, 2.05) is 27.9 Å². The SMILES string of the molecule is CCc1nn(C(C)/C=N\N(C)C)ccc1=O. The minimum atomic E-state index is -0.00417. The van der Waals surface area contributed by atoms with Gasteiger partial charge >= 0.3 is 0 Å². The maximum atomic E-state index is 11.4. The molecule has 1 atom stereocenters. The van der Waals surface area contributed by atoms with Crippen molar-refractivity contribution in [3.63, 3.8) is 0 Å². The van der Waals surface area contributed by atoms with Crippen LogP contribution in [0, 0.1) is 0 Å². The first-order valence-electron chi connectivity index (χ1n) is 5.34. The Bertz CT molecular complexity index is 422. The summed E-state index contributed by atoms with van der Waals surface area (Å²) in [4.78, 5) is 11.4. The number of nitrogens with zero attached hydrogens (tertiary/aromatic N) is 4. The standard InChI is InChI=1S/C11H18N4O/c1-5-10-11(16)6-7-15(13-10)9(2)8-12-14(3)4/h6-9H,5H2,1-4H3/b12-8-. The van der Waals surface area contributed by atoms with Gasteiger partial charge in [-0.05, 0) is 13.3 Å². The van der Waals surface area contributed by atoms with E-state index in [2.05, 4.69) is 10.2 Å². The molecular weight excluding hydrogens is 204 g/mol. The topological polar surface area (TPSA) is 50.5 Å². The Morgan fingerprint density at radius 1 is 1.62 bits per heavy atom. The average molecular weight is 222 g/mol. The van der Waals surface area contributed by atoms with Gasteiger partial charge in [-0.3, -0.25) is 9.48 Å². The number of hydrogen-bond donors (Lipinski definition) is 0. The molecule has 1 aromatic heterocycles. The number of rotatable bonds is 4. The molecule has 0 saturated heterocycles. The highest BCUT2D eigenvalue weighted by Gasteiger charge is 2.04. The highest BCUT2D eigenvalue weighted by Crippen LogP contribution is 1.99. The fourth-order valence-electron chi connectivity index (χ4n) is 1.23. The first-order chi connectivity index (χ1) is 7.54. The van der Waals surface area contributed by atoms with Crippen LogP contribution in [0.2, 0.25) is 0 Å². The molecule has 1 heterocycles. The largest absolute Gasteiger partial charge is 0.303 e. The van der Waals surface area contributed by atoms with E-state index < -0.39 is 0 Å². The smallest absolute Gasteiger partial charge is 0.203 e. The third kappa shape index (κ3) is 3.18. The van der Waals surface area contributed by atoms with Crippen molar-refractivity contribution in [2.24, 2.45) is 5.10 Å². The molecule has 0 amide bonds. The van der Waals surface area contributed by atoms with Gasteiger partial charge in [0.1, 0.15) is 5.69 Å². The van der Waals surface area contributed by atoms with Gasteiger partial charge in [0.05, 0.1) is 6.04 Å². The Morgan fingerprint density at radius 2 is 2.31 bits per heavy atom. The minimum Gasteiger partial charge on any atom is -0.303 e. The van der Waals surface area contributed by atoms with Crippen molar-refractivity contribution >= 4 is 6.21 Å². The molecule has 5 heteroatoms. The van der Waals surface area contributed by atoms with Gasteiger partial charge < -0.3 is 5.01 Å². The second-order valence-electron chi connectivity index (χ2n) is 3.81. The van der Waals surface area contributed by atoms with E-state index in [4.69, 9.17) is 0 Å². The fourth-order valence-corrected chi connectivity index (χ4v) is 1.23. The molecule has 0 aromatic carbocycles. The maximum absolute atomic E-state index is 11.4. The van der Waals surface area contributed by atoms with Gasteiger partial charge in [0.2, 0.25) is 5.43 Å². The molecule has 5 nitrogen and oxygen atoms in total. The first kappa shape index (κ1) is 12.4. The predicted octanol–water partition coefficient (Wildman–Crippen LogP) is 0.914. The zero-order valence-corrected chi connectivity index (χ0v) is 10.2. The van der Waals surface area contributed by atoms with Crippen molar-refractivity contribution in [3.05, 3.63) is 28.2 Å². The number of hydrogen-bond acceptors (Lipinski definition) is 4. The molecule has 1 unspecified atom stereocenters. The summed E-state index contributed by atoms with van der Waals surface area (Å²) in [5, 5.41) is 10.1. The van der Waals surface area contributed by atoms with Crippen LogP contribution in [-0.2, 0) is 6.42 Å². The maximum Gasteiger partial charge on any atom is 0.203 e. The summed E-state index contributed by atoms with van der Waals surface area (Å²) in [5.41, 5.74) is 0.586. The van der Waals surface area contributed by atoms with E-state index in [-0.39, 0.29) is 11.5 Å². The van der Waals surface area contributed by atoms with Gasteiger partial charge in [0.15, 0.2) is 0 Å². The molecule has 0 spiro atoms. The molecule has 0 radical (unpaired) electrons. The van der Waals surface area contributed by atoms with E-state index in [0.717, 1.165) is 0 Å². The van der Waals surface area contributed by atoms with Crippen LogP contribution in [0.5, 0.6) is 0 Å². The third-order valence-corrected chi connectivity index (χ3v) is 2.16. The number of hydrazone groups is 1. The Kier molecular flexibility index (Phi) is 4.22. The summed E-state index contributed by atoms with van der Waals surface area (Å²) in [6, 6.07) is 1.58. The van der Waals surface area contributed by atoms with Crippen LogP contribution in [0.15, 0.2) is 22.2 Å². The zero-order valence-electron chi connectivity index (χ0n) is 10.2. The third-order valence-electron chi connectivity index (χ3n) is 2.16. The second-order valence-corrected chi connectivity index (χ2v) is 3.81. The highest BCUT2D eigenvalue weighted by molar-refractivity contribution is 5.61. The molecule has 0 bridgehead atoms. The van der Waals surface area contributed by atoms with Gasteiger partial charge in [-0.1, -0.05) is 6.92 Å². The summed E-state index contributed by atoms with van der Waals surface area (Å²) < 4.78 is 1.74. The highest BCUT2D eigenvalue weighted by atomic mass is 16.1. The first-order valence-corrected chi connectivity index (χ1v) is 5.34. The van der Waals surface area contributed by atoms with Crippen LogP contribution in [-0.4, -0.2) is 35.1 Å². The summed E-state index contributed by atoms with van der Waals surface area (Å²) in [7, 11) is 3.72. The number of aromatic nitrogens is 2. The molecule has 1 rings (SSSR count). The molecule has 0 aliphatic heterocycles. The number of aryl methyl sites for hydroxylation is 1. The molecule has 0 saturated carbocycles. The van der Waals surface area contributed by atoms with E-state index >= 15 is 0 Å². The van der Waals surface area contributed by atoms with Gasteiger partial charge in [-0.2, -0.15) is 10.2 Å². The van der Waals surface area contributed by atoms with E-state index in [1.165, 1.54) is 0 Å². The molecule has 88 valence electrons. The molecule has 0 fully saturated rings. The predicted molar refractivity (Wildman–Crippen MR) is 64.8 cm³/mol. The Morgan fingerprint density at radius 3 is 2.88 bits per heavy atom. The van der Waals surface area contributed by atoms with Crippen molar-refractivity contribution in [1.29, 1.82) is 0 Å². The van der Waals surface area contributed by atoms with Crippen LogP contribution < -0.4 is 5.43 Å². The van der Waals surface area contributed by atoms with Crippen LogP contribution in [0.25, 0.3) is 0 Å². The minimum absolute atomic E-state index is 0.00417. The summed E-state index contributed by atoms with van der Waals surface area (Å²) in [6.07, 6.45) is 4.13. The van der Waals surface area contributed by atoms with E-state index in [9.17, 15) is 4.79 Å². The lowest BCUT2D eigenvalue weighted by atomic mass is 10.3. The van der Waals surface area contributed by atoms with Crippen molar-refractivity contribution in [1.82, 2.24) is 14.8 Å². The van der Waals surface area contributed by atoms with Crippen molar-refractivity contribution in [3.8, 4) is 0 Å². The lowest BCUT2D eigenvalue weighted by Gasteiger charge is -2.11. The van der Waals surface area contributed by atoms with Gasteiger partial charge in [-0.15, -0.1) is 0 Å². The van der Waals surface area contributed by atoms with Crippen LogP contribution in [0.3, 0.4) is 0 Å². The molecular formula is C11H18N4O. The monoisotopic (exact) mass is 222 g/mol. The van der Waals surface area contributed by atoms with Crippen LogP contribution in [0.4, 0.5) is 0 Å². The molecule has 1 aromatic rings. The second kappa shape index (κ2) is 5.44. The van der Waals surface area contributed by atoms with E-state index in [0.29, 0.717) is 12.1 Å². The lowest BCUT2D eigenvalue weighted by molar-refractivity contribution is 0.434. The molecule has 16 heavy (non-hydrogen) atoms. The lowest BCUT2D eigenvalue weighted by Crippen LogP contribution is -2.19. The van der Waals surface area contributed by atoms with Crippen LogP contribution in [0.1, 0.15) is 25.6 Å². The Labute approximate surface area is 95.4 Å². The summed E-state index contributed by atoms with van der Waals surface area (Å²) in [5.74, 6) is 0. The fraction of sp³-hybridized carbons (Fsp3) is 0.545. The van der Waals surface area contributed by atoms with Crippen molar-refractivity contribution < 1.29 is 0 Å². The van der Waals surface area contributed by atoms with E-state index in [1.54, 1.807) is 28.2 Å². The summed E-state index contributed by atoms with van der Waals surface area (Å²) >= 11 is 0. The normalized spacial score (nSPS) is 13.0. The van der Waals surface area contributed by atoms with Crippen LogP contribution >= 0.6 is 0 Å². The quantitative estimate of drug-likeness (QED) is 0.562. The Hall–Kier alpha value is -1.65.